The van der Waals surface area contributed by atoms with Gasteiger partial charge in [-0.15, -0.1) is 0 Å². The summed E-state index contributed by atoms with van der Waals surface area (Å²) in [7, 11) is 0. The third-order valence-corrected chi connectivity index (χ3v) is 2.72. The first-order valence-corrected chi connectivity index (χ1v) is 5.90. The third kappa shape index (κ3) is 3.76. The number of nitrogens with two attached hydrogens (primary N) is 1. The van der Waals surface area contributed by atoms with Gasteiger partial charge in [0.05, 0.1) is 5.69 Å². The number of pyridine rings is 1. The average Bonchev–Trinajstić information content (AvgIpc) is 2.19. The highest BCUT2D eigenvalue weighted by atomic mass is 79.9. The van der Waals surface area contributed by atoms with Crippen LogP contribution in [-0.4, -0.2) is 4.98 Å². The van der Waals surface area contributed by atoms with Crippen LogP contribution in [-0.2, 0) is 0 Å². The smallest absolute Gasteiger partial charge is 0.0571 e. The summed E-state index contributed by atoms with van der Waals surface area (Å²) in [5.74, 6) is 0. The molecule has 1 rings (SSSR count). The number of rotatable bonds is 5. The zero-order chi connectivity index (χ0) is 10.4. The molecule has 0 fully saturated rings. The maximum Gasteiger partial charge on any atom is 0.0571 e. The first-order valence-electron chi connectivity index (χ1n) is 5.11. The second kappa shape index (κ2) is 6.14. The number of halogens is 1. The minimum Gasteiger partial charge on any atom is -0.323 e. The molecule has 1 aromatic rings. The van der Waals surface area contributed by atoms with E-state index in [4.69, 9.17) is 5.73 Å². The van der Waals surface area contributed by atoms with Crippen LogP contribution >= 0.6 is 15.9 Å². The minimum absolute atomic E-state index is 0.0923. The van der Waals surface area contributed by atoms with Crippen molar-refractivity contribution in [3.8, 4) is 0 Å². The Morgan fingerprint density at radius 1 is 1.43 bits per heavy atom. The molecule has 3 heteroatoms. The van der Waals surface area contributed by atoms with Crippen molar-refractivity contribution in [1.29, 1.82) is 0 Å². The highest BCUT2D eigenvalue weighted by Crippen LogP contribution is 2.17. The summed E-state index contributed by atoms with van der Waals surface area (Å²) in [6.45, 7) is 2.20. The predicted octanol–water partition coefficient (Wildman–Crippen LogP) is 3.42. The largest absolute Gasteiger partial charge is 0.323 e. The number of nitrogens with zero attached hydrogens (tertiary/aromatic N) is 1. The second-order valence-corrected chi connectivity index (χ2v) is 4.42. The molecule has 0 bridgehead atoms. The SMILES string of the molecule is CCCCCC(N)c1ccc(Br)cn1. The Morgan fingerprint density at radius 3 is 2.79 bits per heavy atom. The van der Waals surface area contributed by atoms with Gasteiger partial charge in [-0.1, -0.05) is 26.2 Å². The maximum atomic E-state index is 6.01. The molecule has 0 spiro atoms. The van der Waals surface area contributed by atoms with E-state index in [0.29, 0.717) is 0 Å². The molecule has 2 nitrogen and oxygen atoms in total. The van der Waals surface area contributed by atoms with Crippen molar-refractivity contribution in [2.75, 3.05) is 0 Å². The van der Waals surface area contributed by atoms with Crippen molar-refractivity contribution in [2.24, 2.45) is 5.73 Å². The van der Waals surface area contributed by atoms with Gasteiger partial charge in [-0.05, 0) is 34.5 Å². The number of aromatic nitrogens is 1. The van der Waals surface area contributed by atoms with E-state index in [-0.39, 0.29) is 6.04 Å². The fourth-order valence-electron chi connectivity index (χ4n) is 1.37. The Bertz CT molecular complexity index is 258. The van der Waals surface area contributed by atoms with Gasteiger partial charge in [0.2, 0.25) is 0 Å². The highest BCUT2D eigenvalue weighted by Gasteiger charge is 2.06. The fourth-order valence-corrected chi connectivity index (χ4v) is 1.60. The first-order chi connectivity index (χ1) is 6.74. The van der Waals surface area contributed by atoms with E-state index in [1.807, 2.05) is 12.1 Å². The molecule has 0 aromatic carbocycles. The van der Waals surface area contributed by atoms with Crippen LogP contribution in [0.3, 0.4) is 0 Å². The molecular weight excluding hydrogens is 240 g/mol. The van der Waals surface area contributed by atoms with Crippen LogP contribution in [0.1, 0.15) is 44.3 Å². The Labute approximate surface area is 94.0 Å². The summed E-state index contributed by atoms with van der Waals surface area (Å²) < 4.78 is 1.00. The predicted molar refractivity (Wildman–Crippen MR) is 63.0 cm³/mol. The molecule has 0 aliphatic heterocycles. The molecule has 1 aromatic heterocycles. The zero-order valence-electron chi connectivity index (χ0n) is 8.54. The van der Waals surface area contributed by atoms with Gasteiger partial charge in [0, 0.05) is 16.7 Å². The van der Waals surface area contributed by atoms with Crippen LogP contribution in [0.15, 0.2) is 22.8 Å². The molecule has 2 N–H and O–H groups in total. The molecule has 0 aliphatic rings. The minimum atomic E-state index is 0.0923. The number of unbranched alkanes of at least 4 members (excludes halogenated alkanes) is 2. The Morgan fingerprint density at radius 2 is 2.21 bits per heavy atom. The van der Waals surface area contributed by atoms with Gasteiger partial charge in [0.15, 0.2) is 0 Å². The van der Waals surface area contributed by atoms with Crippen molar-refractivity contribution in [2.45, 2.75) is 38.6 Å². The highest BCUT2D eigenvalue weighted by molar-refractivity contribution is 9.10. The van der Waals surface area contributed by atoms with E-state index in [2.05, 4.69) is 27.8 Å². The molecule has 0 aliphatic carbocycles. The van der Waals surface area contributed by atoms with Crippen LogP contribution in [0.4, 0.5) is 0 Å². The zero-order valence-corrected chi connectivity index (χ0v) is 10.1. The molecule has 1 atom stereocenters. The normalized spacial score (nSPS) is 12.8. The molecule has 78 valence electrons. The van der Waals surface area contributed by atoms with Gasteiger partial charge in [0.25, 0.3) is 0 Å². The van der Waals surface area contributed by atoms with E-state index in [9.17, 15) is 0 Å². The molecule has 0 radical (unpaired) electrons. The van der Waals surface area contributed by atoms with Crippen LogP contribution in [0.25, 0.3) is 0 Å². The van der Waals surface area contributed by atoms with E-state index < -0.39 is 0 Å². The molecule has 0 amide bonds. The quantitative estimate of drug-likeness (QED) is 0.821. The van der Waals surface area contributed by atoms with Crippen LogP contribution in [0.5, 0.6) is 0 Å². The van der Waals surface area contributed by atoms with Gasteiger partial charge in [-0.2, -0.15) is 0 Å². The van der Waals surface area contributed by atoms with E-state index in [0.717, 1.165) is 16.6 Å². The maximum absolute atomic E-state index is 6.01. The van der Waals surface area contributed by atoms with Crippen molar-refractivity contribution in [3.05, 3.63) is 28.5 Å². The molecule has 14 heavy (non-hydrogen) atoms. The van der Waals surface area contributed by atoms with Gasteiger partial charge in [0.1, 0.15) is 0 Å². The van der Waals surface area contributed by atoms with Crippen LogP contribution < -0.4 is 5.73 Å². The third-order valence-electron chi connectivity index (χ3n) is 2.25. The monoisotopic (exact) mass is 256 g/mol. The Kier molecular flexibility index (Phi) is 5.12. The van der Waals surface area contributed by atoms with Crippen molar-refractivity contribution >= 4 is 15.9 Å². The van der Waals surface area contributed by atoms with Gasteiger partial charge in [-0.3, -0.25) is 4.98 Å². The van der Waals surface area contributed by atoms with Crippen molar-refractivity contribution < 1.29 is 0 Å². The molecule has 1 unspecified atom stereocenters. The molecule has 0 saturated carbocycles. The first kappa shape index (κ1) is 11.7. The summed E-state index contributed by atoms with van der Waals surface area (Å²) in [4.78, 5) is 4.29. The standard InChI is InChI=1S/C11H17BrN2/c1-2-3-4-5-10(13)11-7-6-9(12)8-14-11/h6-8,10H,2-5,13H2,1H3. The second-order valence-electron chi connectivity index (χ2n) is 3.50. The Hall–Kier alpha value is -0.410. The van der Waals surface area contributed by atoms with E-state index in [1.54, 1.807) is 6.20 Å². The van der Waals surface area contributed by atoms with E-state index >= 15 is 0 Å². The van der Waals surface area contributed by atoms with E-state index in [1.165, 1.54) is 19.3 Å². The summed E-state index contributed by atoms with van der Waals surface area (Å²) in [5, 5.41) is 0. The molecular formula is C11H17BrN2. The van der Waals surface area contributed by atoms with Crippen LogP contribution in [0.2, 0.25) is 0 Å². The Balaban J connectivity index is 2.43. The lowest BCUT2D eigenvalue weighted by molar-refractivity contribution is 0.570. The lowest BCUT2D eigenvalue weighted by atomic mass is 10.1. The van der Waals surface area contributed by atoms with Crippen molar-refractivity contribution in [3.63, 3.8) is 0 Å². The lowest BCUT2D eigenvalue weighted by Crippen LogP contribution is -2.11. The number of hydrogen-bond acceptors (Lipinski definition) is 2. The number of hydrogen-bond donors (Lipinski definition) is 1. The van der Waals surface area contributed by atoms with Crippen LogP contribution in [0, 0.1) is 0 Å². The summed E-state index contributed by atoms with van der Waals surface area (Å²) in [6, 6.07) is 4.07. The van der Waals surface area contributed by atoms with Gasteiger partial charge < -0.3 is 5.73 Å². The average molecular weight is 257 g/mol. The van der Waals surface area contributed by atoms with Gasteiger partial charge >= 0.3 is 0 Å². The topological polar surface area (TPSA) is 38.9 Å². The summed E-state index contributed by atoms with van der Waals surface area (Å²) in [5.41, 5.74) is 7.00. The summed E-state index contributed by atoms with van der Waals surface area (Å²) in [6.07, 6.45) is 6.51. The molecule has 0 saturated heterocycles. The lowest BCUT2D eigenvalue weighted by Gasteiger charge is -2.10. The fraction of sp³-hybridized carbons (Fsp3) is 0.545. The van der Waals surface area contributed by atoms with Crippen molar-refractivity contribution in [1.82, 2.24) is 4.98 Å². The summed E-state index contributed by atoms with van der Waals surface area (Å²) >= 11 is 3.36. The molecule has 1 heterocycles. The van der Waals surface area contributed by atoms with Gasteiger partial charge in [-0.25, -0.2) is 0 Å².